The van der Waals surface area contributed by atoms with Gasteiger partial charge in [0, 0.05) is 6.07 Å². The number of rotatable bonds is 2. The zero-order valence-corrected chi connectivity index (χ0v) is 6.89. The quantitative estimate of drug-likeness (QED) is 0.334. The minimum atomic E-state index is -0.564. The minimum absolute atomic E-state index is 0.111. The summed E-state index contributed by atoms with van der Waals surface area (Å²) in [5, 5.41) is 10.2. The highest BCUT2D eigenvalue weighted by Crippen LogP contribution is 2.30. The van der Waals surface area contributed by atoms with E-state index >= 15 is 0 Å². The number of hydrogen-bond acceptors (Lipinski definition) is 5. The average molecular weight is 189 g/mol. The Hall–Kier alpha value is -0.880. The first-order valence-corrected chi connectivity index (χ1v) is 3.84. The van der Waals surface area contributed by atoms with Crippen LogP contribution in [0.1, 0.15) is 9.67 Å². The molecule has 0 radical (unpaired) electrons. The third-order valence-electron chi connectivity index (χ3n) is 1.03. The van der Waals surface area contributed by atoms with Crippen LogP contribution in [-0.2, 0) is 0 Å². The molecule has 0 unspecified atom stereocenters. The van der Waals surface area contributed by atoms with Gasteiger partial charge in [0.05, 0.1) is 9.80 Å². The van der Waals surface area contributed by atoms with E-state index in [1.165, 1.54) is 6.07 Å². The summed E-state index contributed by atoms with van der Waals surface area (Å²) in [6.45, 7) is 0. The number of nitrogens with zero attached hydrogens (tertiary/aromatic N) is 1. The fraction of sp³-hybridized carbons (Fsp3) is 0. The van der Waals surface area contributed by atoms with Crippen molar-refractivity contribution >= 4 is 35.9 Å². The molecule has 1 aromatic rings. The summed E-state index contributed by atoms with van der Waals surface area (Å²) in [4.78, 5) is 20.1. The van der Waals surface area contributed by atoms with Crippen LogP contribution in [0.4, 0.5) is 5.69 Å². The lowest BCUT2D eigenvalue weighted by atomic mass is 10.4. The summed E-state index contributed by atoms with van der Waals surface area (Å²) in [7, 11) is 0. The van der Waals surface area contributed by atoms with Crippen molar-refractivity contribution in [3.8, 4) is 0 Å². The number of carbonyl (C=O) groups excluding carboxylic acids is 1. The third kappa shape index (κ3) is 1.58. The molecule has 58 valence electrons. The van der Waals surface area contributed by atoms with E-state index in [0.29, 0.717) is 11.2 Å². The van der Waals surface area contributed by atoms with Gasteiger partial charge in [-0.15, -0.1) is 24.0 Å². The van der Waals surface area contributed by atoms with Gasteiger partial charge < -0.3 is 0 Å². The summed E-state index contributed by atoms with van der Waals surface area (Å²) in [6.07, 6.45) is 0.567. The molecule has 6 heteroatoms. The summed E-state index contributed by atoms with van der Waals surface area (Å²) in [5.74, 6) is 0. The summed E-state index contributed by atoms with van der Waals surface area (Å²) in [5.41, 5.74) is -0.111. The Morgan fingerprint density at radius 2 is 2.36 bits per heavy atom. The second-order valence-electron chi connectivity index (χ2n) is 1.71. The molecular weight excluding hydrogens is 186 g/mol. The second kappa shape index (κ2) is 3.02. The number of hydrogen-bond donors (Lipinski definition) is 1. The predicted molar refractivity (Wildman–Crippen MR) is 43.6 cm³/mol. The molecule has 0 amide bonds. The Labute approximate surface area is 71.4 Å². The lowest BCUT2D eigenvalue weighted by molar-refractivity contribution is -0.387. The molecule has 0 aliphatic heterocycles. The normalized spacial score (nSPS) is 9.55. The minimum Gasteiger partial charge on any atom is -0.297 e. The van der Waals surface area contributed by atoms with Crippen LogP contribution < -0.4 is 0 Å². The standard InChI is InChI=1S/C5H3NO3S2/c7-2-3-1-4(6(8)9)5(10)11-3/h1-2,10H. The van der Waals surface area contributed by atoms with E-state index in [1.807, 2.05) is 0 Å². The maximum Gasteiger partial charge on any atom is 0.294 e. The average Bonchev–Trinajstić information content (AvgIpc) is 2.30. The summed E-state index contributed by atoms with van der Waals surface area (Å²) < 4.78 is 0.261. The number of thiol groups is 1. The van der Waals surface area contributed by atoms with Crippen molar-refractivity contribution < 1.29 is 9.72 Å². The van der Waals surface area contributed by atoms with E-state index < -0.39 is 4.92 Å². The van der Waals surface area contributed by atoms with Crippen LogP contribution in [-0.4, -0.2) is 11.2 Å². The molecule has 0 spiro atoms. The summed E-state index contributed by atoms with van der Waals surface area (Å²) in [6, 6.07) is 1.21. The van der Waals surface area contributed by atoms with Crippen molar-refractivity contribution in [1.29, 1.82) is 0 Å². The molecule has 11 heavy (non-hydrogen) atoms. The van der Waals surface area contributed by atoms with Crippen LogP contribution >= 0.6 is 24.0 Å². The second-order valence-corrected chi connectivity index (χ2v) is 3.55. The van der Waals surface area contributed by atoms with Crippen LogP contribution in [0.2, 0.25) is 0 Å². The van der Waals surface area contributed by atoms with Crippen LogP contribution in [0.5, 0.6) is 0 Å². The van der Waals surface area contributed by atoms with Crippen molar-refractivity contribution in [2.24, 2.45) is 0 Å². The van der Waals surface area contributed by atoms with Crippen molar-refractivity contribution in [3.05, 3.63) is 21.1 Å². The Morgan fingerprint density at radius 3 is 2.64 bits per heavy atom. The van der Waals surface area contributed by atoms with E-state index in [1.54, 1.807) is 0 Å². The number of aldehydes is 1. The topological polar surface area (TPSA) is 60.2 Å². The van der Waals surface area contributed by atoms with Gasteiger partial charge in [0.1, 0.15) is 4.21 Å². The molecule has 0 aromatic carbocycles. The van der Waals surface area contributed by atoms with Crippen molar-refractivity contribution in [1.82, 2.24) is 0 Å². The molecule has 1 rings (SSSR count). The first-order valence-electron chi connectivity index (χ1n) is 2.57. The molecule has 4 nitrogen and oxygen atoms in total. The van der Waals surface area contributed by atoms with E-state index in [4.69, 9.17) is 0 Å². The Kier molecular flexibility index (Phi) is 2.25. The smallest absolute Gasteiger partial charge is 0.294 e. The van der Waals surface area contributed by atoms with Gasteiger partial charge in [0.15, 0.2) is 6.29 Å². The summed E-state index contributed by atoms with van der Waals surface area (Å²) >= 11 is 4.83. The van der Waals surface area contributed by atoms with Gasteiger partial charge in [-0.1, -0.05) is 0 Å². The van der Waals surface area contributed by atoms with Crippen molar-refractivity contribution in [3.63, 3.8) is 0 Å². The van der Waals surface area contributed by atoms with E-state index in [0.717, 1.165) is 11.3 Å². The highest BCUT2D eigenvalue weighted by molar-refractivity contribution is 7.83. The first-order chi connectivity index (χ1) is 5.15. The predicted octanol–water partition coefficient (Wildman–Crippen LogP) is 1.76. The van der Waals surface area contributed by atoms with E-state index in [2.05, 4.69) is 12.6 Å². The largest absolute Gasteiger partial charge is 0.297 e. The molecular formula is C5H3NO3S2. The molecule has 0 aliphatic carbocycles. The maximum absolute atomic E-state index is 10.2. The zero-order chi connectivity index (χ0) is 8.43. The van der Waals surface area contributed by atoms with E-state index in [-0.39, 0.29) is 9.90 Å². The Bertz CT molecular complexity index is 307. The SMILES string of the molecule is O=Cc1cc([N+](=O)[O-])c(S)s1. The van der Waals surface area contributed by atoms with Crippen LogP contribution in [0.15, 0.2) is 10.3 Å². The van der Waals surface area contributed by atoms with Crippen LogP contribution in [0.25, 0.3) is 0 Å². The van der Waals surface area contributed by atoms with Crippen molar-refractivity contribution in [2.45, 2.75) is 4.21 Å². The molecule has 1 aromatic heterocycles. The molecule has 0 fully saturated rings. The number of nitro groups is 1. The van der Waals surface area contributed by atoms with Crippen LogP contribution in [0, 0.1) is 10.1 Å². The highest BCUT2D eigenvalue weighted by atomic mass is 32.2. The fourth-order valence-electron chi connectivity index (χ4n) is 0.579. The molecule has 1 heterocycles. The monoisotopic (exact) mass is 189 g/mol. The molecule has 0 saturated heterocycles. The zero-order valence-electron chi connectivity index (χ0n) is 5.18. The van der Waals surface area contributed by atoms with Crippen molar-refractivity contribution in [2.75, 3.05) is 0 Å². The Morgan fingerprint density at radius 1 is 1.73 bits per heavy atom. The molecule has 0 atom stereocenters. The van der Waals surface area contributed by atoms with Gasteiger partial charge in [-0.25, -0.2) is 0 Å². The number of thiophene rings is 1. The molecule has 0 saturated carbocycles. The molecule has 0 N–H and O–H groups in total. The van der Waals surface area contributed by atoms with Crippen LogP contribution in [0.3, 0.4) is 0 Å². The Balaban J connectivity index is 3.16. The van der Waals surface area contributed by atoms with Gasteiger partial charge in [-0.2, -0.15) is 0 Å². The van der Waals surface area contributed by atoms with E-state index in [9.17, 15) is 14.9 Å². The number of carbonyl (C=O) groups is 1. The fourth-order valence-corrected chi connectivity index (χ4v) is 1.72. The van der Waals surface area contributed by atoms with Gasteiger partial charge in [0.2, 0.25) is 0 Å². The van der Waals surface area contributed by atoms with Gasteiger partial charge in [0.25, 0.3) is 5.69 Å². The van der Waals surface area contributed by atoms with Gasteiger partial charge in [-0.05, 0) is 0 Å². The highest BCUT2D eigenvalue weighted by Gasteiger charge is 2.15. The van der Waals surface area contributed by atoms with Gasteiger partial charge in [-0.3, -0.25) is 14.9 Å². The first kappa shape index (κ1) is 8.22. The maximum atomic E-state index is 10.2. The third-order valence-corrected chi connectivity index (χ3v) is 2.38. The molecule has 0 aliphatic rings. The molecule has 0 bridgehead atoms. The lowest BCUT2D eigenvalue weighted by Crippen LogP contribution is -1.84. The lowest BCUT2D eigenvalue weighted by Gasteiger charge is -1.82. The van der Waals surface area contributed by atoms with Gasteiger partial charge >= 0.3 is 0 Å².